The number of aryl methyl sites for hydroxylation is 1. The largest absolute Gasteiger partial charge is 0.397 e. The fourth-order valence-corrected chi connectivity index (χ4v) is 2.11. The summed E-state index contributed by atoms with van der Waals surface area (Å²) in [6.45, 7) is 1.73. The molecule has 1 aromatic heterocycles. The second-order valence-corrected chi connectivity index (χ2v) is 5.26. The molecule has 0 unspecified atom stereocenters. The summed E-state index contributed by atoms with van der Waals surface area (Å²) in [4.78, 5) is 19.7. The number of anilines is 1. The molecule has 0 bridgehead atoms. The van der Waals surface area contributed by atoms with E-state index in [0.717, 1.165) is 5.56 Å². The molecule has 0 saturated carbocycles. The van der Waals surface area contributed by atoms with Gasteiger partial charge in [0.1, 0.15) is 0 Å². The van der Waals surface area contributed by atoms with E-state index in [4.69, 9.17) is 10.3 Å². The Labute approximate surface area is 143 Å². The van der Waals surface area contributed by atoms with Crippen molar-refractivity contribution in [1.82, 2.24) is 15.1 Å². The molecule has 0 radical (unpaired) electrons. The molecule has 2 N–H and O–H groups in total. The lowest BCUT2D eigenvalue weighted by molar-refractivity contribution is 0.0992. The number of nitrogen functional groups attached to an aromatic ring is 1. The summed E-state index contributed by atoms with van der Waals surface area (Å²) in [6.07, 6.45) is 0.524. The minimum absolute atomic E-state index is 0.410. The lowest BCUT2D eigenvalue weighted by Crippen LogP contribution is -1.96. The van der Waals surface area contributed by atoms with Gasteiger partial charge in [0, 0.05) is 18.9 Å². The molecule has 1 amide bonds. The van der Waals surface area contributed by atoms with Crippen molar-refractivity contribution in [2.75, 3.05) is 5.73 Å². The van der Waals surface area contributed by atoms with Crippen molar-refractivity contribution in [3.8, 4) is 0 Å². The minimum Gasteiger partial charge on any atom is -0.397 e. The van der Waals surface area contributed by atoms with Crippen LogP contribution in [-0.2, 0) is 6.42 Å². The molecule has 0 saturated heterocycles. The highest BCUT2D eigenvalue weighted by atomic mass is 16.5. The summed E-state index contributed by atoms with van der Waals surface area (Å²) >= 11 is 0. The van der Waals surface area contributed by atoms with Crippen LogP contribution in [0.3, 0.4) is 0 Å². The Hall–Kier alpha value is -3.64. The molecule has 1 heterocycles. The zero-order valence-corrected chi connectivity index (χ0v) is 13.5. The van der Waals surface area contributed by atoms with E-state index in [1.54, 1.807) is 55.5 Å². The number of hydrogen-bond donors (Lipinski definition) is 1. The van der Waals surface area contributed by atoms with Gasteiger partial charge >= 0.3 is 5.91 Å². The average Bonchev–Trinajstić information content (AvgIpc) is 3.02. The van der Waals surface area contributed by atoms with Crippen molar-refractivity contribution in [1.29, 1.82) is 0 Å². The first-order valence-electron chi connectivity index (χ1n) is 7.50. The molecule has 0 aliphatic carbocycles. The van der Waals surface area contributed by atoms with Crippen LogP contribution >= 0.6 is 0 Å². The first-order chi connectivity index (χ1) is 12.1. The monoisotopic (exact) mass is 335 g/mol. The van der Waals surface area contributed by atoms with Crippen molar-refractivity contribution in [3.63, 3.8) is 0 Å². The lowest BCUT2D eigenvalue weighted by Gasteiger charge is -1.97. The highest BCUT2D eigenvalue weighted by Gasteiger charge is 2.11. The predicted octanol–water partition coefficient (Wildman–Crippen LogP) is 2.99. The number of rotatable bonds is 4. The maximum atomic E-state index is 12.0. The number of amides is 1. The first-order valence-corrected chi connectivity index (χ1v) is 7.50. The third kappa shape index (κ3) is 4.21. The smallest absolute Gasteiger partial charge is 0.360 e. The zero-order chi connectivity index (χ0) is 17.6. The summed E-state index contributed by atoms with van der Waals surface area (Å²) < 4.78 is 4.93. The van der Waals surface area contributed by atoms with Crippen LogP contribution < -0.4 is 10.6 Å². The molecule has 0 spiro atoms. The molecule has 2 aromatic carbocycles. The van der Waals surface area contributed by atoms with Gasteiger partial charge in [-0.2, -0.15) is 4.98 Å². The van der Waals surface area contributed by atoms with Crippen LogP contribution in [0.5, 0.6) is 0 Å². The van der Waals surface area contributed by atoms with Crippen molar-refractivity contribution >= 4 is 17.3 Å². The van der Waals surface area contributed by atoms with Crippen LogP contribution in [0.4, 0.5) is 11.4 Å². The van der Waals surface area contributed by atoms with Crippen molar-refractivity contribution in [2.45, 2.75) is 13.3 Å². The standard InChI is InChI=1S/C17H14N6O2/c1-11-19-16(22-25-11)10-12-6-8-13(9-7-12)17(24)21-23-20-15-5-3-2-4-14(15)18/h2-9,18H,10H2,1H3/p+1. The van der Waals surface area contributed by atoms with E-state index >= 15 is 0 Å². The molecule has 8 heteroatoms. The highest BCUT2D eigenvalue weighted by molar-refractivity contribution is 5.94. The Kier molecular flexibility index (Phi) is 4.73. The average molecular weight is 335 g/mol. The summed E-state index contributed by atoms with van der Waals surface area (Å²) in [5, 5.41) is 11.2. The Morgan fingerprint density at radius 3 is 2.64 bits per heavy atom. The van der Waals surface area contributed by atoms with Crippen LogP contribution in [0.1, 0.15) is 27.6 Å². The van der Waals surface area contributed by atoms with E-state index in [9.17, 15) is 4.79 Å². The molecule has 0 fully saturated rings. The van der Waals surface area contributed by atoms with Crippen LogP contribution in [-0.4, -0.2) is 16.0 Å². The lowest BCUT2D eigenvalue weighted by atomic mass is 10.1. The van der Waals surface area contributed by atoms with E-state index in [0.29, 0.717) is 35.1 Å². The van der Waals surface area contributed by atoms with Gasteiger partial charge in [0.05, 0.1) is 5.69 Å². The molecule has 25 heavy (non-hydrogen) atoms. The van der Waals surface area contributed by atoms with Crippen molar-refractivity contribution < 1.29 is 9.32 Å². The van der Waals surface area contributed by atoms with Gasteiger partial charge in [0.2, 0.25) is 15.9 Å². The van der Waals surface area contributed by atoms with E-state index in [2.05, 4.69) is 25.3 Å². The molecule has 124 valence electrons. The predicted molar refractivity (Wildman–Crippen MR) is 90.1 cm³/mol. The van der Waals surface area contributed by atoms with Gasteiger partial charge in [0.15, 0.2) is 16.6 Å². The maximum Gasteiger partial charge on any atom is 0.360 e. The Balaban J connectivity index is 1.68. The van der Waals surface area contributed by atoms with Crippen LogP contribution in [0.25, 0.3) is 0 Å². The van der Waals surface area contributed by atoms with Gasteiger partial charge in [-0.25, -0.2) is 0 Å². The van der Waals surface area contributed by atoms with Crippen LogP contribution in [0.15, 0.2) is 63.3 Å². The fourth-order valence-electron chi connectivity index (χ4n) is 2.11. The topological polar surface area (TPSA) is 121 Å². The van der Waals surface area contributed by atoms with E-state index in [-0.39, 0.29) is 0 Å². The maximum absolute atomic E-state index is 12.0. The summed E-state index contributed by atoms with van der Waals surface area (Å²) in [6, 6.07) is 13.9. The Bertz CT molecular complexity index is 955. The minimum atomic E-state index is -0.486. The molecule has 8 nitrogen and oxygen atoms in total. The van der Waals surface area contributed by atoms with Crippen LogP contribution in [0.2, 0.25) is 0 Å². The number of nitrogens with two attached hydrogens (primary N) is 1. The SMILES string of the molecule is Cc1nc(Cc2ccc(C(=O)N=[N+]=Nc3ccccc3N)cc2)no1. The van der Waals surface area contributed by atoms with Crippen molar-refractivity contribution in [3.05, 3.63) is 71.4 Å². The number of benzene rings is 2. The van der Waals surface area contributed by atoms with E-state index in [1.165, 1.54) is 0 Å². The third-order valence-electron chi connectivity index (χ3n) is 3.36. The molecule has 3 rings (SSSR count). The summed E-state index contributed by atoms with van der Waals surface area (Å²) in [5.41, 5.74) is 8.03. The molecule has 0 aliphatic heterocycles. The van der Waals surface area contributed by atoms with Crippen molar-refractivity contribution in [2.24, 2.45) is 10.2 Å². The first kappa shape index (κ1) is 16.2. The van der Waals surface area contributed by atoms with Gasteiger partial charge in [-0.3, -0.25) is 4.79 Å². The number of hydrogen-bond acceptors (Lipinski definition) is 6. The van der Waals surface area contributed by atoms with E-state index in [1.807, 2.05) is 0 Å². The molecule has 0 atom stereocenters. The normalized spacial score (nSPS) is 10.1. The summed E-state index contributed by atoms with van der Waals surface area (Å²) in [7, 11) is 0. The molecule has 0 aliphatic rings. The van der Waals surface area contributed by atoms with E-state index < -0.39 is 5.91 Å². The second kappa shape index (κ2) is 7.29. The second-order valence-electron chi connectivity index (χ2n) is 5.26. The number of carbonyl (C=O) groups excluding carboxylic acids is 1. The Morgan fingerprint density at radius 2 is 1.96 bits per heavy atom. The highest BCUT2D eigenvalue weighted by Crippen LogP contribution is 2.19. The Morgan fingerprint density at radius 1 is 1.20 bits per heavy atom. The number of aromatic nitrogens is 2. The fraction of sp³-hybridized carbons (Fsp3) is 0.118. The van der Waals surface area contributed by atoms with Gasteiger partial charge in [-0.1, -0.05) is 29.4 Å². The zero-order valence-electron chi connectivity index (χ0n) is 13.5. The molecular formula is C17H15N6O2+. The number of carbonyl (C=O) groups is 1. The molecular weight excluding hydrogens is 320 g/mol. The van der Waals surface area contributed by atoms with Gasteiger partial charge in [-0.05, 0) is 29.8 Å². The third-order valence-corrected chi connectivity index (χ3v) is 3.36. The quantitative estimate of drug-likeness (QED) is 0.446. The number of para-hydroxylation sites is 1. The van der Waals surface area contributed by atoms with Gasteiger partial charge in [0.25, 0.3) is 0 Å². The summed E-state index contributed by atoms with van der Waals surface area (Å²) in [5.74, 6) is 0.626. The number of nitrogens with zero attached hydrogens (tertiary/aromatic N) is 5. The molecule has 3 aromatic rings. The van der Waals surface area contributed by atoms with Gasteiger partial charge < -0.3 is 10.3 Å². The van der Waals surface area contributed by atoms with Crippen LogP contribution in [0, 0.1) is 6.92 Å². The van der Waals surface area contributed by atoms with Gasteiger partial charge in [-0.15, -0.1) is 0 Å².